The molecular formula is C39H24N4. The first-order chi connectivity index (χ1) is 21.3. The van der Waals surface area contributed by atoms with Crippen LogP contribution in [0.2, 0.25) is 0 Å². The normalized spacial score (nSPS) is 11.7. The second-order valence-electron chi connectivity index (χ2n) is 10.8. The Labute approximate surface area is 247 Å². The molecule has 4 heteroatoms. The number of hydrogen-bond donors (Lipinski definition) is 0. The number of rotatable bonds is 3. The second kappa shape index (κ2) is 8.97. The molecule has 9 aromatic rings. The molecule has 0 fully saturated rings. The first kappa shape index (κ1) is 23.6. The first-order valence-corrected chi connectivity index (χ1v) is 14.4. The van der Waals surface area contributed by atoms with Crippen LogP contribution in [0, 0.1) is 12.3 Å². The van der Waals surface area contributed by atoms with Gasteiger partial charge in [0.15, 0.2) is 0 Å². The molecule has 0 saturated heterocycles. The Hall–Kier alpha value is -6.05. The molecule has 0 aliphatic rings. The van der Waals surface area contributed by atoms with E-state index in [9.17, 15) is 0 Å². The summed E-state index contributed by atoms with van der Waals surface area (Å²) in [6, 6.07) is 49.1. The average Bonchev–Trinajstić information content (AvgIpc) is 3.71. The molecule has 43 heavy (non-hydrogen) atoms. The van der Waals surface area contributed by atoms with E-state index in [2.05, 4.69) is 147 Å². The van der Waals surface area contributed by atoms with Crippen LogP contribution in [0.4, 0.5) is 0 Å². The molecule has 0 bridgehead atoms. The van der Waals surface area contributed by atoms with Gasteiger partial charge in [-0.05, 0) is 54.6 Å². The van der Waals surface area contributed by atoms with Crippen LogP contribution in [0.3, 0.4) is 0 Å². The fourth-order valence-corrected chi connectivity index (χ4v) is 6.70. The summed E-state index contributed by atoms with van der Waals surface area (Å²) < 4.78 is 6.90. The van der Waals surface area contributed by atoms with Crippen LogP contribution in [-0.2, 0) is 0 Å². The highest BCUT2D eigenvalue weighted by atomic mass is 15.2. The van der Waals surface area contributed by atoms with E-state index >= 15 is 0 Å². The molecule has 0 spiro atoms. The zero-order valence-electron chi connectivity index (χ0n) is 23.1. The lowest BCUT2D eigenvalue weighted by Crippen LogP contribution is -2.01. The van der Waals surface area contributed by atoms with Crippen molar-refractivity contribution in [3.63, 3.8) is 0 Å². The minimum absolute atomic E-state index is 0.839. The standard InChI is InChI=1S/C39H24N4/c1-2-26-23-24-31-38(25-26)43-37-22-12-11-21-36(37)42(39(43)40-31)35-20-10-6-16-30(35)29-15-5-9-19-34(29)41-32-17-7-3-13-27(32)28-14-4-8-18-33(28)41/h1,3-25H. The van der Waals surface area contributed by atoms with E-state index in [0.29, 0.717) is 0 Å². The van der Waals surface area contributed by atoms with Gasteiger partial charge in [-0.2, -0.15) is 0 Å². The van der Waals surface area contributed by atoms with Gasteiger partial charge < -0.3 is 4.57 Å². The number of aromatic nitrogens is 4. The Morgan fingerprint density at radius 1 is 0.488 bits per heavy atom. The van der Waals surface area contributed by atoms with Gasteiger partial charge >= 0.3 is 0 Å². The average molecular weight is 549 g/mol. The summed E-state index contributed by atoms with van der Waals surface area (Å²) in [5, 5.41) is 2.49. The molecule has 0 radical (unpaired) electrons. The first-order valence-electron chi connectivity index (χ1n) is 14.4. The van der Waals surface area contributed by atoms with Crippen LogP contribution in [0.15, 0.2) is 140 Å². The summed E-state index contributed by atoms with van der Waals surface area (Å²) in [5.41, 5.74) is 11.8. The molecule has 4 nitrogen and oxygen atoms in total. The second-order valence-corrected chi connectivity index (χ2v) is 10.8. The van der Waals surface area contributed by atoms with Crippen LogP contribution >= 0.6 is 0 Å². The monoisotopic (exact) mass is 548 g/mol. The summed E-state index contributed by atoms with van der Waals surface area (Å²) in [6.45, 7) is 0. The zero-order valence-corrected chi connectivity index (χ0v) is 23.1. The van der Waals surface area contributed by atoms with Gasteiger partial charge in [-0.25, -0.2) is 4.98 Å². The van der Waals surface area contributed by atoms with Crippen molar-refractivity contribution >= 4 is 49.7 Å². The zero-order chi connectivity index (χ0) is 28.5. The van der Waals surface area contributed by atoms with Crippen molar-refractivity contribution in [3.05, 3.63) is 145 Å². The lowest BCUT2D eigenvalue weighted by Gasteiger charge is -2.17. The van der Waals surface area contributed by atoms with Crippen molar-refractivity contribution in [2.75, 3.05) is 0 Å². The van der Waals surface area contributed by atoms with Gasteiger partial charge in [0.25, 0.3) is 0 Å². The molecule has 9 rings (SSSR count). The largest absolute Gasteiger partial charge is 0.309 e. The maximum absolute atomic E-state index is 5.78. The molecular weight excluding hydrogens is 524 g/mol. The van der Waals surface area contributed by atoms with Gasteiger partial charge in [0.1, 0.15) is 0 Å². The van der Waals surface area contributed by atoms with E-state index in [0.717, 1.165) is 55.9 Å². The third kappa shape index (κ3) is 3.31. The highest BCUT2D eigenvalue weighted by Crippen LogP contribution is 2.39. The van der Waals surface area contributed by atoms with Crippen molar-refractivity contribution in [2.45, 2.75) is 0 Å². The van der Waals surface area contributed by atoms with Crippen LogP contribution in [-0.4, -0.2) is 18.5 Å². The minimum Gasteiger partial charge on any atom is -0.309 e. The Kier molecular flexibility index (Phi) is 4.93. The number of terminal acetylenes is 1. The molecule has 0 amide bonds. The molecule has 6 aromatic carbocycles. The Morgan fingerprint density at radius 3 is 1.67 bits per heavy atom. The van der Waals surface area contributed by atoms with Crippen molar-refractivity contribution in [1.82, 2.24) is 18.5 Å². The maximum Gasteiger partial charge on any atom is 0.220 e. The summed E-state index contributed by atoms with van der Waals surface area (Å²) in [6.07, 6.45) is 5.78. The Bertz CT molecular complexity index is 2530. The van der Waals surface area contributed by atoms with Gasteiger partial charge in [-0.1, -0.05) is 90.8 Å². The van der Waals surface area contributed by atoms with Crippen LogP contribution in [0.5, 0.6) is 0 Å². The predicted octanol–water partition coefficient (Wildman–Crippen LogP) is 9.18. The minimum atomic E-state index is 0.839. The Morgan fingerprint density at radius 2 is 1.02 bits per heavy atom. The van der Waals surface area contributed by atoms with Gasteiger partial charge in [-0.3, -0.25) is 8.97 Å². The fraction of sp³-hybridized carbons (Fsp3) is 0. The molecule has 0 unspecified atom stereocenters. The van der Waals surface area contributed by atoms with Crippen molar-refractivity contribution < 1.29 is 0 Å². The highest BCUT2D eigenvalue weighted by molar-refractivity contribution is 6.10. The fourth-order valence-electron chi connectivity index (χ4n) is 6.70. The number of para-hydroxylation sites is 6. The number of nitrogens with zero attached hydrogens (tertiary/aromatic N) is 4. The summed E-state index contributed by atoms with van der Waals surface area (Å²) in [7, 11) is 0. The van der Waals surface area contributed by atoms with Crippen LogP contribution < -0.4 is 0 Å². The van der Waals surface area contributed by atoms with E-state index in [1.807, 2.05) is 12.1 Å². The topological polar surface area (TPSA) is 27.2 Å². The van der Waals surface area contributed by atoms with Crippen LogP contribution in [0.25, 0.3) is 72.2 Å². The molecule has 0 aliphatic carbocycles. The van der Waals surface area contributed by atoms with Crippen molar-refractivity contribution in [2.24, 2.45) is 0 Å². The molecule has 0 saturated carbocycles. The Balaban J connectivity index is 1.37. The van der Waals surface area contributed by atoms with Crippen LogP contribution in [0.1, 0.15) is 5.56 Å². The molecule has 0 N–H and O–H groups in total. The van der Waals surface area contributed by atoms with E-state index in [-0.39, 0.29) is 0 Å². The number of hydrogen-bond acceptors (Lipinski definition) is 1. The summed E-state index contributed by atoms with van der Waals surface area (Å²) >= 11 is 0. The smallest absolute Gasteiger partial charge is 0.220 e. The third-order valence-corrected chi connectivity index (χ3v) is 8.53. The predicted molar refractivity (Wildman–Crippen MR) is 177 cm³/mol. The lowest BCUT2D eigenvalue weighted by molar-refractivity contribution is 1.11. The van der Waals surface area contributed by atoms with E-state index < -0.39 is 0 Å². The number of imidazole rings is 2. The quantitative estimate of drug-likeness (QED) is 0.202. The van der Waals surface area contributed by atoms with Crippen molar-refractivity contribution in [1.29, 1.82) is 0 Å². The molecule has 0 aliphatic heterocycles. The molecule has 200 valence electrons. The van der Waals surface area contributed by atoms with E-state index in [1.54, 1.807) is 0 Å². The summed E-state index contributed by atoms with van der Waals surface area (Å²) in [4.78, 5) is 5.15. The number of benzene rings is 6. The molecule has 0 atom stereocenters. The SMILES string of the molecule is C#Cc1ccc2nc3n(-c4ccccc4-c4ccccc4-n4c5ccccc5c5ccccc54)c4ccccc4n3c2c1. The van der Waals surface area contributed by atoms with Gasteiger partial charge in [0.05, 0.1) is 44.5 Å². The maximum atomic E-state index is 5.78. The van der Waals surface area contributed by atoms with Gasteiger partial charge in [0.2, 0.25) is 5.78 Å². The highest BCUT2D eigenvalue weighted by Gasteiger charge is 2.21. The molecule has 3 aromatic heterocycles. The number of fused-ring (bicyclic) bond motifs is 8. The van der Waals surface area contributed by atoms with E-state index in [1.165, 1.54) is 21.8 Å². The summed E-state index contributed by atoms with van der Waals surface area (Å²) in [5.74, 6) is 3.64. The van der Waals surface area contributed by atoms with Gasteiger partial charge in [-0.15, -0.1) is 6.42 Å². The lowest BCUT2D eigenvalue weighted by atomic mass is 10.0. The van der Waals surface area contributed by atoms with E-state index in [4.69, 9.17) is 11.4 Å². The van der Waals surface area contributed by atoms with Crippen molar-refractivity contribution in [3.8, 4) is 34.8 Å². The molecule has 3 heterocycles. The third-order valence-electron chi connectivity index (χ3n) is 8.53. The van der Waals surface area contributed by atoms with Gasteiger partial charge in [0, 0.05) is 27.5 Å².